The number of hydrogen-bond acceptors (Lipinski definition) is 5. The van der Waals surface area contributed by atoms with E-state index in [-0.39, 0.29) is 34.1 Å². The van der Waals surface area contributed by atoms with E-state index in [1.165, 1.54) is 18.2 Å². The third-order valence-electron chi connectivity index (χ3n) is 3.80. The van der Waals surface area contributed by atoms with E-state index in [2.05, 4.69) is 0 Å². The van der Waals surface area contributed by atoms with Crippen LogP contribution in [0, 0.1) is 10.1 Å². The molecule has 0 radical (unpaired) electrons. The molecular weight excluding hydrogens is 391 g/mol. The van der Waals surface area contributed by atoms with Gasteiger partial charge in [0.2, 0.25) is 5.75 Å². The number of nitro groups is 1. The van der Waals surface area contributed by atoms with Crippen LogP contribution in [-0.4, -0.2) is 24.2 Å². The van der Waals surface area contributed by atoms with Crippen LogP contribution in [0.1, 0.15) is 12.0 Å². The van der Waals surface area contributed by atoms with E-state index in [9.17, 15) is 23.3 Å². The standard InChI is InChI=1S/C17H13ClF3NO5/c18-13-7-10(17(19,20)21)1-4-15(13)26-11-2-3-14(22(23)24)16(8-11)27-12-5-6-25-9-12/h1-4,7-8,12H,5-6,9H2. The van der Waals surface area contributed by atoms with Gasteiger partial charge in [-0.1, -0.05) is 11.6 Å². The second-order valence-electron chi connectivity index (χ2n) is 5.74. The summed E-state index contributed by atoms with van der Waals surface area (Å²) in [7, 11) is 0. The molecule has 144 valence electrons. The number of nitro benzene ring substituents is 1. The van der Waals surface area contributed by atoms with Crippen LogP contribution < -0.4 is 9.47 Å². The fourth-order valence-electron chi connectivity index (χ4n) is 2.48. The van der Waals surface area contributed by atoms with Gasteiger partial charge in [-0.25, -0.2) is 0 Å². The van der Waals surface area contributed by atoms with E-state index >= 15 is 0 Å². The summed E-state index contributed by atoms with van der Waals surface area (Å²) in [5, 5.41) is 10.9. The Bertz CT molecular complexity index is 853. The predicted molar refractivity (Wildman–Crippen MR) is 89.5 cm³/mol. The Morgan fingerprint density at radius 3 is 2.56 bits per heavy atom. The van der Waals surface area contributed by atoms with Crippen molar-refractivity contribution in [3.05, 3.63) is 57.1 Å². The quantitative estimate of drug-likeness (QED) is 0.505. The number of alkyl halides is 3. The zero-order valence-corrected chi connectivity index (χ0v) is 14.4. The molecule has 0 spiro atoms. The van der Waals surface area contributed by atoms with Gasteiger partial charge >= 0.3 is 11.9 Å². The van der Waals surface area contributed by atoms with Gasteiger partial charge in [-0.15, -0.1) is 0 Å². The summed E-state index contributed by atoms with van der Waals surface area (Å²) in [5.74, 6) is 0.0980. The molecule has 1 unspecified atom stereocenters. The number of halogens is 4. The highest BCUT2D eigenvalue weighted by molar-refractivity contribution is 6.32. The molecule has 1 atom stereocenters. The Morgan fingerprint density at radius 1 is 1.19 bits per heavy atom. The topological polar surface area (TPSA) is 70.8 Å². The van der Waals surface area contributed by atoms with Crippen molar-refractivity contribution < 1.29 is 32.3 Å². The Balaban J connectivity index is 1.85. The zero-order chi connectivity index (χ0) is 19.6. The summed E-state index contributed by atoms with van der Waals surface area (Å²) in [6.45, 7) is 0.808. The summed E-state index contributed by atoms with van der Waals surface area (Å²) in [4.78, 5) is 10.6. The fourth-order valence-corrected chi connectivity index (χ4v) is 2.69. The second-order valence-corrected chi connectivity index (χ2v) is 6.14. The largest absolute Gasteiger partial charge is 0.481 e. The van der Waals surface area contributed by atoms with Gasteiger partial charge in [0.05, 0.1) is 28.7 Å². The molecule has 1 fully saturated rings. The minimum atomic E-state index is -4.53. The van der Waals surface area contributed by atoms with Crippen molar-refractivity contribution in [1.29, 1.82) is 0 Å². The first-order chi connectivity index (χ1) is 12.7. The minimum Gasteiger partial charge on any atom is -0.481 e. The van der Waals surface area contributed by atoms with E-state index in [4.69, 9.17) is 25.8 Å². The van der Waals surface area contributed by atoms with Crippen LogP contribution >= 0.6 is 11.6 Å². The highest BCUT2D eigenvalue weighted by Crippen LogP contribution is 2.39. The Morgan fingerprint density at radius 2 is 1.96 bits per heavy atom. The van der Waals surface area contributed by atoms with Crippen molar-refractivity contribution >= 4 is 17.3 Å². The SMILES string of the molecule is O=[N+]([O-])c1ccc(Oc2ccc(C(F)(F)F)cc2Cl)cc1OC1CCOC1. The van der Waals surface area contributed by atoms with Gasteiger partial charge in [0.15, 0.2) is 0 Å². The van der Waals surface area contributed by atoms with Gasteiger partial charge in [0, 0.05) is 18.6 Å². The summed E-state index contributed by atoms with van der Waals surface area (Å²) < 4.78 is 54.4. The van der Waals surface area contributed by atoms with Gasteiger partial charge in [-0.05, 0) is 24.3 Å². The highest BCUT2D eigenvalue weighted by Gasteiger charge is 2.31. The first-order valence-electron chi connectivity index (χ1n) is 7.81. The molecule has 1 heterocycles. The van der Waals surface area contributed by atoms with Crippen molar-refractivity contribution in [2.24, 2.45) is 0 Å². The molecule has 1 aliphatic heterocycles. The number of ether oxygens (including phenoxy) is 3. The lowest BCUT2D eigenvalue weighted by molar-refractivity contribution is -0.386. The molecule has 0 bridgehead atoms. The Labute approximate surface area is 156 Å². The summed E-state index contributed by atoms with van der Waals surface area (Å²) >= 11 is 5.86. The molecule has 1 aliphatic rings. The van der Waals surface area contributed by atoms with Gasteiger partial charge < -0.3 is 14.2 Å². The first-order valence-corrected chi connectivity index (χ1v) is 8.19. The molecule has 0 N–H and O–H groups in total. The van der Waals surface area contributed by atoms with Gasteiger partial charge in [0.1, 0.15) is 17.6 Å². The summed E-state index contributed by atoms with van der Waals surface area (Å²) in [6, 6.07) is 6.46. The molecule has 0 aliphatic carbocycles. The normalized spacial score (nSPS) is 17.0. The van der Waals surface area contributed by atoms with E-state index < -0.39 is 16.7 Å². The van der Waals surface area contributed by atoms with Crippen molar-refractivity contribution in [1.82, 2.24) is 0 Å². The highest BCUT2D eigenvalue weighted by atomic mass is 35.5. The number of hydrogen-bond donors (Lipinski definition) is 0. The molecule has 0 aromatic heterocycles. The lowest BCUT2D eigenvalue weighted by Gasteiger charge is -2.14. The molecule has 0 saturated carbocycles. The summed E-state index contributed by atoms with van der Waals surface area (Å²) in [5.41, 5.74) is -1.17. The predicted octanol–water partition coefficient (Wildman–Crippen LogP) is 5.23. The van der Waals surface area contributed by atoms with Crippen LogP contribution in [0.4, 0.5) is 18.9 Å². The zero-order valence-electron chi connectivity index (χ0n) is 13.7. The average molecular weight is 404 g/mol. The maximum Gasteiger partial charge on any atom is 0.416 e. The molecule has 0 amide bonds. The van der Waals surface area contributed by atoms with Crippen LogP contribution in [-0.2, 0) is 10.9 Å². The summed E-state index contributed by atoms with van der Waals surface area (Å²) in [6.07, 6.45) is -4.26. The molecule has 10 heteroatoms. The van der Waals surface area contributed by atoms with Crippen LogP contribution in [0.2, 0.25) is 5.02 Å². The van der Waals surface area contributed by atoms with Crippen molar-refractivity contribution in [2.75, 3.05) is 13.2 Å². The number of rotatable bonds is 5. The van der Waals surface area contributed by atoms with Crippen molar-refractivity contribution in [2.45, 2.75) is 18.7 Å². The maximum atomic E-state index is 12.7. The number of benzene rings is 2. The number of nitrogens with zero attached hydrogens (tertiary/aromatic N) is 1. The van der Waals surface area contributed by atoms with E-state index in [1.54, 1.807) is 0 Å². The smallest absolute Gasteiger partial charge is 0.416 e. The minimum absolute atomic E-state index is 0.0176. The molecule has 2 aromatic carbocycles. The van der Waals surface area contributed by atoms with Crippen molar-refractivity contribution in [3.8, 4) is 17.2 Å². The Kier molecular flexibility index (Phi) is 5.43. The monoisotopic (exact) mass is 403 g/mol. The van der Waals surface area contributed by atoms with Gasteiger partial charge in [-0.2, -0.15) is 13.2 Å². The molecule has 3 rings (SSSR count). The van der Waals surface area contributed by atoms with E-state index in [0.717, 1.165) is 18.2 Å². The lowest BCUT2D eigenvalue weighted by Crippen LogP contribution is -2.16. The van der Waals surface area contributed by atoms with Crippen molar-refractivity contribution in [3.63, 3.8) is 0 Å². The van der Waals surface area contributed by atoms with E-state index in [1.807, 2.05) is 0 Å². The molecule has 1 saturated heterocycles. The third kappa shape index (κ3) is 4.61. The van der Waals surface area contributed by atoms with Crippen LogP contribution in [0.3, 0.4) is 0 Å². The average Bonchev–Trinajstić information content (AvgIpc) is 3.08. The van der Waals surface area contributed by atoms with Gasteiger partial charge in [-0.3, -0.25) is 10.1 Å². The lowest BCUT2D eigenvalue weighted by atomic mass is 10.2. The van der Waals surface area contributed by atoms with Crippen LogP contribution in [0.25, 0.3) is 0 Å². The molecule has 6 nitrogen and oxygen atoms in total. The van der Waals surface area contributed by atoms with E-state index in [0.29, 0.717) is 19.6 Å². The molecular formula is C17H13ClF3NO5. The molecule has 2 aromatic rings. The third-order valence-corrected chi connectivity index (χ3v) is 4.09. The second kappa shape index (κ2) is 7.61. The van der Waals surface area contributed by atoms with Crippen LogP contribution in [0.5, 0.6) is 17.2 Å². The first kappa shape index (κ1) is 19.2. The Hall–Kier alpha value is -2.52. The molecule has 27 heavy (non-hydrogen) atoms. The fraction of sp³-hybridized carbons (Fsp3) is 0.294. The van der Waals surface area contributed by atoms with Gasteiger partial charge in [0.25, 0.3) is 0 Å². The maximum absolute atomic E-state index is 12.7. The van der Waals surface area contributed by atoms with Crippen LogP contribution in [0.15, 0.2) is 36.4 Å².